The van der Waals surface area contributed by atoms with E-state index in [1.54, 1.807) is 18.0 Å². The quantitative estimate of drug-likeness (QED) is 0.154. The number of halogens is 2. The topological polar surface area (TPSA) is 102 Å². The predicted molar refractivity (Wildman–Crippen MR) is 199 cm³/mol. The summed E-state index contributed by atoms with van der Waals surface area (Å²) in [5, 5.41) is 23.4. The Morgan fingerprint density at radius 2 is 1.64 bits per heavy atom. The van der Waals surface area contributed by atoms with Crippen molar-refractivity contribution in [3.63, 3.8) is 0 Å². The number of phenols is 1. The third kappa shape index (κ3) is 5.31. The van der Waals surface area contributed by atoms with Crippen LogP contribution in [0.1, 0.15) is 55.3 Å². The van der Waals surface area contributed by atoms with Crippen molar-refractivity contribution in [2.75, 3.05) is 18.1 Å². The van der Waals surface area contributed by atoms with Crippen LogP contribution in [0.4, 0.5) is 5.69 Å². The summed E-state index contributed by atoms with van der Waals surface area (Å²) < 4.78 is 11.9. The Morgan fingerprint density at radius 1 is 0.920 bits per heavy atom. The van der Waals surface area contributed by atoms with Gasteiger partial charge in [-0.05, 0) is 87.1 Å². The number of aromatic hydroxyl groups is 1. The van der Waals surface area contributed by atoms with Gasteiger partial charge in [0.1, 0.15) is 22.9 Å². The lowest BCUT2D eigenvalue weighted by molar-refractivity contribution is 0.0686. The third-order valence-electron chi connectivity index (χ3n) is 10.1. The molecule has 0 unspecified atom stereocenters. The Labute approximate surface area is 299 Å². The van der Waals surface area contributed by atoms with Gasteiger partial charge in [-0.2, -0.15) is 0 Å². The molecule has 4 heterocycles. The fraction of sp³-hybridized carbons (Fsp3) is 0.282. The summed E-state index contributed by atoms with van der Waals surface area (Å²) in [6, 6.07) is 12.4. The molecule has 3 aromatic carbocycles. The number of carbonyl (C=O) groups excluding carboxylic acids is 1. The first-order valence-corrected chi connectivity index (χ1v) is 17.3. The second kappa shape index (κ2) is 12.5. The van der Waals surface area contributed by atoms with Gasteiger partial charge < -0.3 is 33.6 Å². The van der Waals surface area contributed by atoms with Crippen LogP contribution in [0, 0.1) is 27.7 Å². The molecule has 0 aliphatic carbocycles. The number of aromatic carboxylic acids is 1. The van der Waals surface area contributed by atoms with Crippen molar-refractivity contribution in [3.05, 3.63) is 98.0 Å². The number of benzene rings is 3. The van der Waals surface area contributed by atoms with Crippen LogP contribution in [0.2, 0.25) is 10.0 Å². The van der Waals surface area contributed by atoms with E-state index in [-0.39, 0.29) is 17.4 Å². The molecule has 1 aliphatic rings. The predicted octanol–water partition coefficient (Wildman–Crippen LogP) is 8.75. The number of nitrogens with zero attached hydrogens (tertiary/aromatic N) is 4. The molecule has 50 heavy (non-hydrogen) atoms. The van der Waals surface area contributed by atoms with E-state index in [9.17, 15) is 19.8 Å². The summed E-state index contributed by atoms with van der Waals surface area (Å²) in [5.74, 6) is -0.637. The van der Waals surface area contributed by atoms with E-state index in [1.807, 2.05) is 45.2 Å². The first kappa shape index (κ1) is 33.6. The van der Waals surface area contributed by atoms with E-state index >= 15 is 0 Å². The van der Waals surface area contributed by atoms with Gasteiger partial charge in [-0.3, -0.25) is 4.79 Å². The van der Waals surface area contributed by atoms with Crippen molar-refractivity contribution >= 4 is 62.6 Å². The summed E-state index contributed by atoms with van der Waals surface area (Å²) in [7, 11) is 3.65. The number of hydrogen-bond acceptors (Lipinski definition) is 4. The Morgan fingerprint density at radius 3 is 2.30 bits per heavy atom. The van der Waals surface area contributed by atoms with Crippen molar-refractivity contribution in [2.45, 2.75) is 47.1 Å². The zero-order valence-corrected chi connectivity index (χ0v) is 30.3. The molecule has 1 amide bonds. The molecular formula is C39H38Cl2N4O5. The number of phenolic OH excluding ortho intramolecular Hbond substituents is 1. The Hall–Kier alpha value is -4.86. The molecule has 9 nitrogen and oxygen atoms in total. The van der Waals surface area contributed by atoms with E-state index in [2.05, 4.69) is 29.2 Å². The highest BCUT2D eigenvalue weighted by Gasteiger charge is 2.35. The van der Waals surface area contributed by atoms with E-state index < -0.39 is 5.97 Å². The second-order valence-corrected chi connectivity index (χ2v) is 14.0. The number of aromatic nitrogens is 3. The SMILES string of the molecule is Cc1cc(OCCCc2c3n(c4c(-c5c(C)cn(C)c5C)c(Cl)ccc24)CCN(c2cc(O)cc4c2cc(C(=O)O)n4C)C3=O)cc(C)c1Cl. The van der Waals surface area contributed by atoms with Gasteiger partial charge in [-0.1, -0.05) is 29.3 Å². The van der Waals surface area contributed by atoms with Crippen LogP contribution in [-0.4, -0.2) is 48.9 Å². The van der Waals surface area contributed by atoms with E-state index in [4.69, 9.17) is 27.9 Å². The minimum atomic E-state index is -1.09. The number of amides is 1. The van der Waals surface area contributed by atoms with Crippen LogP contribution in [0.15, 0.2) is 48.7 Å². The number of rotatable bonds is 8. The van der Waals surface area contributed by atoms with Crippen LogP contribution >= 0.6 is 23.2 Å². The van der Waals surface area contributed by atoms with Crippen molar-refractivity contribution in [2.24, 2.45) is 14.1 Å². The summed E-state index contributed by atoms with van der Waals surface area (Å²) in [6.45, 7) is 9.25. The maximum absolute atomic E-state index is 14.8. The lowest BCUT2D eigenvalue weighted by Crippen LogP contribution is -2.40. The first-order chi connectivity index (χ1) is 23.8. The Kier molecular flexibility index (Phi) is 8.39. The van der Waals surface area contributed by atoms with Crippen LogP contribution in [0.3, 0.4) is 0 Å². The van der Waals surface area contributed by atoms with Crippen LogP contribution in [0.25, 0.3) is 32.9 Å². The summed E-state index contributed by atoms with van der Waals surface area (Å²) >= 11 is 13.4. The van der Waals surface area contributed by atoms with Crippen LogP contribution in [0.5, 0.6) is 11.5 Å². The number of carboxylic acids is 1. The van der Waals surface area contributed by atoms with Crippen molar-refractivity contribution in [1.82, 2.24) is 13.7 Å². The Bertz CT molecular complexity index is 2380. The first-order valence-electron chi connectivity index (χ1n) is 16.5. The van der Waals surface area contributed by atoms with Gasteiger partial charge in [0.05, 0.1) is 28.4 Å². The van der Waals surface area contributed by atoms with Crippen LogP contribution < -0.4 is 9.64 Å². The molecule has 1 aliphatic heterocycles. The molecular weight excluding hydrogens is 675 g/mol. The lowest BCUT2D eigenvalue weighted by atomic mass is 9.97. The van der Waals surface area contributed by atoms with E-state index in [0.717, 1.165) is 60.7 Å². The fourth-order valence-corrected chi connectivity index (χ4v) is 8.01. The highest BCUT2D eigenvalue weighted by Crippen LogP contribution is 2.44. The molecule has 0 saturated heterocycles. The number of ether oxygens (including phenoxy) is 1. The monoisotopic (exact) mass is 712 g/mol. The number of hydrogen-bond donors (Lipinski definition) is 2. The number of carbonyl (C=O) groups is 2. The molecule has 0 fully saturated rings. The number of fused-ring (bicyclic) bond motifs is 4. The van der Waals surface area contributed by atoms with E-state index in [0.29, 0.717) is 59.8 Å². The maximum Gasteiger partial charge on any atom is 0.352 e. The Balaban J connectivity index is 1.36. The molecule has 11 heteroatoms. The normalized spacial score (nSPS) is 13.1. The highest BCUT2D eigenvalue weighted by molar-refractivity contribution is 6.35. The molecule has 0 spiro atoms. The average Bonchev–Trinajstić information content (AvgIpc) is 3.66. The third-order valence-corrected chi connectivity index (χ3v) is 11.0. The lowest BCUT2D eigenvalue weighted by Gasteiger charge is -2.30. The molecule has 6 aromatic rings. The highest BCUT2D eigenvalue weighted by atomic mass is 35.5. The van der Waals surface area contributed by atoms with Gasteiger partial charge in [-0.25, -0.2) is 4.79 Å². The van der Waals surface area contributed by atoms with E-state index in [1.165, 1.54) is 16.7 Å². The second-order valence-electron chi connectivity index (χ2n) is 13.3. The summed E-state index contributed by atoms with van der Waals surface area (Å²) in [5.41, 5.74) is 9.38. The number of aryl methyl sites for hydroxylation is 6. The van der Waals surface area contributed by atoms with Crippen molar-refractivity contribution in [3.8, 4) is 22.6 Å². The molecule has 258 valence electrons. The van der Waals surface area contributed by atoms with Gasteiger partial charge in [0, 0.05) is 78.1 Å². The molecule has 7 rings (SSSR count). The molecule has 3 aromatic heterocycles. The van der Waals surface area contributed by atoms with Gasteiger partial charge in [0.15, 0.2) is 0 Å². The van der Waals surface area contributed by atoms with Crippen molar-refractivity contribution in [1.29, 1.82) is 0 Å². The van der Waals surface area contributed by atoms with Gasteiger partial charge in [0.25, 0.3) is 5.91 Å². The maximum atomic E-state index is 14.8. The standard InChI is InChI=1S/C39H38Cl2N4O5/c1-20-14-25(15-21(2)35(20)41)50-13-7-8-26-27-9-10-29(40)34(33-22(3)19-42(5)23(33)4)36(27)45-12-11-44(38(47)37(26)45)31-17-24(46)16-30-28(31)18-32(39(48)49)43(30)6/h9-10,14-19,46H,7-8,11-13H2,1-6H3,(H,48,49). The summed E-state index contributed by atoms with van der Waals surface area (Å²) in [4.78, 5) is 28.5. The van der Waals surface area contributed by atoms with Gasteiger partial charge >= 0.3 is 5.97 Å². The number of anilines is 1. The molecule has 0 atom stereocenters. The van der Waals surface area contributed by atoms with Crippen LogP contribution in [-0.2, 0) is 27.1 Å². The molecule has 0 bridgehead atoms. The smallest absolute Gasteiger partial charge is 0.352 e. The largest absolute Gasteiger partial charge is 0.508 e. The summed E-state index contributed by atoms with van der Waals surface area (Å²) in [6.07, 6.45) is 3.28. The molecule has 0 radical (unpaired) electrons. The minimum Gasteiger partial charge on any atom is -0.508 e. The fourth-order valence-electron chi connectivity index (χ4n) is 7.66. The zero-order chi connectivity index (χ0) is 35.8. The van der Waals surface area contributed by atoms with Gasteiger partial charge in [0.2, 0.25) is 0 Å². The van der Waals surface area contributed by atoms with Crippen molar-refractivity contribution < 1.29 is 24.5 Å². The molecule has 2 N–H and O–H groups in total. The number of carboxylic acid groups (broad SMARTS) is 1. The average molecular weight is 714 g/mol. The molecule has 0 saturated carbocycles. The minimum absolute atomic E-state index is 0.0568. The van der Waals surface area contributed by atoms with Gasteiger partial charge in [-0.15, -0.1) is 0 Å². The zero-order valence-electron chi connectivity index (χ0n) is 28.8.